The summed E-state index contributed by atoms with van der Waals surface area (Å²) in [5.74, 6) is 2.28. The molecule has 7 heteroatoms. The van der Waals surface area contributed by atoms with Gasteiger partial charge in [-0.2, -0.15) is 0 Å². The Labute approximate surface area is 132 Å². The van der Waals surface area contributed by atoms with Crippen LogP contribution in [0.1, 0.15) is 11.5 Å². The Morgan fingerprint density at radius 3 is 2.82 bits per heavy atom. The Kier molecular flexibility index (Phi) is 4.34. The summed E-state index contributed by atoms with van der Waals surface area (Å²) in [5.41, 5.74) is 1.85. The maximum atomic E-state index is 5.22. The van der Waals surface area contributed by atoms with Crippen molar-refractivity contribution in [3.8, 4) is 11.4 Å². The normalized spacial score (nSPS) is 10.8. The van der Waals surface area contributed by atoms with Gasteiger partial charge in [-0.3, -0.25) is 9.55 Å². The minimum Gasteiger partial charge on any atom is -0.360 e. The second-order valence-electron chi connectivity index (χ2n) is 4.66. The fraction of sp³-hybridized carbons (Fsp3) is 0.200. The molecule has 0 amide bonds. The Morgan fingerprint density at radius 1 is 1.32 bits per heavy atom. The van der Waals surface area contributed by atoms with Gasteiger partial charge in [-0.1, -0.05) is 23.0 Å². The van der Waals surface area contributed by atoms with E-state index in [1.54, 1.807) is 24.2 Å². The number of hydrogen-bond acceptors (Lipinski definition) is 6. The van der Waals surface area contributed by atoms with E-state index in [9.17, 15) is 0 Å². The molecule has 0 atom stereocenters. The second-order valence-corrected chi connectivity index (χ2v) is 5.61. The first-order valence-electron chi connectivity index (χ1n) is 6.77. The number of pyridine rings is 1. The van der Waals surface area contributed by atoms with Crippen LogP contribution in [-0.2, 0) is 12.3 Å². The third-order valence-corrected chi connectivity index (χ3v) is 3.98. The predicted octanol–water partition coefficient (Wildman–Crippen LogP) is 3.11. The van der Waals surface area contributed by atoms with E-state index in [0.29, 0.717) is 12.3 Å². The molecule has 112 valence electrons. The molecule has 0 aliphatic heterocycles. The van der Waals surface area contributed by atoms with E-state index in [1.807, 2.05) is 35.8 Å². The number of nitrogens with zero attached hydrogens (tertiary/aromatic N) is 5. The highest BCUT2D eigenvalue weighted by atomic mass is 32.2. The predicted molar refractivity (Wildman–Crippen MR) is 84.3 cm³/mol. The van der Waals surface area contributed by atoms with E-state index in [-0.39, 0.29) is 0 Å². The largest absolute Gasteiger partial charge is 0.360 e. The molecule has 6 nitrogen and oxygen atoms in total. The zero-order chi connectivity index (χ0) is 15.4. The van der Waals surface area contributed by atoms with Crippen molar-refractivity contribution in [3.63, 3.8) is 0 Å². The van der Waals surface area contributed by atoms with Crippen LogP contribution >= 0.6 is 11.8 Å². The fourth-order valence-electron chi connectivity index (χ4n) is 2.02. The van der Waals surface area contributed by atoms with Gasteiger partial charge < -0.3 is 4.52 Å². The lowest BCUT2D eigenvalue weighted by Gasteiger charge is -2.06. The van der Waals surface area contributed by atoms with E-state index in [1.165, 1.54) is 0 Å². The molecule has 3 aromatic heterocycles. The summed E-state index contributed by atoms with van der Waals surface area (Å²) in [4.78, 5) is 4.03. The van der Waals surface area contributed by atoms with Gasteiger partial charge in [0.2, 0.25) is 0 Å². The molecular weight excluding hydrogens is 298 g/mol. The highest BCUT2D eigenvalue weighted by Crippen LogP contribution is 2.26. The molecule has 0 aromatic carbocycles. The van der Waals surface area contributed by atoms with E-state index < -0.39 is 0 Å². The van der Waals surface area contributed by atoms with Gasteiger partial charge in [0.05, 0.1) is 11.4 Å². The Balaban J connectivity index is 1.85. The lowest BCUT2D eigenvalue weighted by Crippen LogP contribution is -2.00. The summed E-state index contributed by atoms with van der Waals surface area (Å²) in [7, 11) is 0. The Morgan fingerprint density at radius 2 is 2.14 bits per heavy atom. The molecule has 0 saturated carbocycles. The van der Waals surface area contributed by atoms with E-state index in [4.69, 9.17) is 4.52 Å². The van der Waals surface area contributed by atoms with Crippen LogP contribution in [0.25, 0.3) is 11.4 Å². The summed E-state index contributed by atoms with van der Waals surface area (Å²) >= 11 is 1.56. The number of hydrogen-bond donors (Lipinski definition) is 0. The van der Waals surface area contributed by atoms with Gasteiger partial charge in [0, 0.05) is 30.6 Å². The van der Waals surface area contributed by atoms with Gasteiger partial charge in [0.1, 0.15) is 5.76 Å². The quantitative estimate of drug-likeness (QED) is 0.514. The first-order valence-corrected chi connectivity index (χ1v) is 7.76. The zero-order valence-electron chi connectivity index (χ0n) is 12.1. The average molecular weight is 313 g/mol. The van der Waals surface area contributed by atoms with E-state index in [0.717, 1.165) is 28.0 Å². The maximum Gasteiger partial charge on any atom is 0.192 e. The molecule has 0 fully saturated rings. The van der Waals surface area contributed by atoms with Gasteiger partial charge in [-0.15, -0.1) is 16.8 Å². The molecule has 0 aliphatic carbocycles. The van der Waals surface area contributed by atoms with Crippen molar-refractivity contribution in [2.24, 2.45) is 0 Å². The average Bonchev–Trinajstić information content (AvgIpc) is 3.13. The number of thioether (sulfide) groups is 1. The van der Waals surface area contributed by atoms with Gasteiger partial charge in [0.15, 0.2) is 11.0 Å². The molecule has 0 unspecified atom stereocenters. The van der Waals surface area contributed by atoms with Gasteiger partial charge in [-0.05, 0) is 19.1 Å². The molecule has 0 radical (unpaired) electrons. The first-order chi connectivity index (χ1) is 10.8. The Bertz CT molecular complexity index is 765. The first kappa shape index (κ1) is 14.5. The molecule has 3 rings (SSSR count). The molecule has 3 heterocycles. The van der Waals surface area contributed by atoms with Crippen LogP contribution in [0.2, 0.25) is 0 Å². The molecule has 0 spiro atoms. The molecule has 0 saturated heterocycles. The van der Waals surface area contributed by atoms with Crippen LogP contribution in [0, 0.1) is 6.92 Å². The van der Waals surface area contributed by atoms with Crippen LogP contribution < -0.4 is 0 Å². The van der Waals surface area contributed by atoms with Crippen molar-refractivity contribution >= 4 is 11.8 Å². The minimum atomic E-state index is 0.641. The van der Waals surface area contributed by atoms with Crippen LogP contribution in [0.15, 0.2) is 52.9 Å². The molecule has 0 N–H and O–H groups in total. The van der Waals surface area contributed by atoms with Gasteiger partial charge in [0.25, 0.3) is 0 Å². The molecular formula is C15H15N5OS. The van der Waals surface area contributed by atoms with Crippen LogP contribution in [0.3, 0.4) is 0 Å². The van der Waals surface area contributed by atoms with E-state index in [2.05, 4.69) is 26.9 Å². The van der Waals surface area contributed by atoms with Gasteiger partial charge >= 0.3 is 0 Å². The van der Waals surface area contributed by atoms with Crippen LogP contribution in [0.4, 0.5) is 0 Å². The zero-order valence-corrected chi connectivity index (χ0v) is 13.0. The summed E-state index contributed by atoms with van der Waals surface area (Å²) in [6, 6.07) is 5.75. The van der Waals surface area contributed by atoms with Crippen molar-refractivity contribution in [1.29, 1.82) is 0 Å². The molecule has 22 heavy (non-hydrogen) atoms. The molecule has 0 bridgehead atoms. The highest BCUT2D eigenvalue weighted by Gasteiger charge is 2.14. The number of aryl methyl sites for hydroxylation is 1. The number of rotatable bonds is 6. The summed E-state index contributed by atoms with van der Waals surface area (Å²) in [6.45, 7) is 6.35. The number of allylic oxidation sites excluding steroid dienone is 1. The lowest BCUT2D eigenvalue weighted by atomic mass is 10.2. The van der Waals surface area contributed by atoms with Gasteiger partial charge in [-0.25, -0.2) is 0 Å². The van der Waals surface area contributed by atoms with Crippen LogP contribution in [0.5, 0.6) is 0 Å². The topological polar surface area (TPSA) is 69.6 Å². The minimum absolute atomic E-state index is 0.641. The molecule has 0 aliphatic rings. The SMILES string of the molecule is C=CCn1c(SCc2cc(C)no2)nnc1-c1ccncc1. The van der Waals surface area contributed by atoms with Crippen molar-refractivity contribution < 1.29 is 4.52 Å². The highest BCUT2D eigenvalue weighted by molar-refractivity contribution is 7.98. The standard InChI is InChI=1S/C15H15N5OS/c1-3-8-20-14(12-4-6-16-7-5-12)17-18-15(20)22-10-13-9-11(2)19-21-13/h3-7,9H,1,8,10H2,2H3. The lowest BCUT2D eigenvalue weighted by molar-refractivity contribution is 0.391. The fourth-order valence-corrected chi connectivity index (χ4v) is 2.85. The summed E-state index contributed by atoms with van der Waals surface area (Å²) < 4.78 is 7.24. The third kappa shape index (κ3) is 3.09. The monoisotopic (exact) mass is 313 g/mol. The van der Waals surface area contributed by atoms with Crippen molar-refractivity contribution in [1.82, 2.24) is 24.9 Å². The van der Waals surface area contributed by atoms with Crippen molar-refractivity contribution in [2.75, 3.05) is 0 Å². The molecule has 3 aromatic rings. The Hall–Kier alpha value is -2.41. The maximum absolute atomic E-state index is 5.22. The number of aromatic nitrogens is 5. The van der Waals surface area contributed by atoms with E-state index >= 15 is 0 Å². The van der Waals surface area contributed by atoms with Crippen LogP contribution in [-0.4, -0.2) is 24.9 Å². The summed E-state index contributed by atoms with van der Waals surface area (Å²) in [5, 5.41) is 13.3. The summed E-state index contributed by atoms with van der Waals surface area (Å²) in [6.07, 6.45) is 5.31. The third-order valence-electron chi connectivity index (χ3n) is 2.99. The van der Waals surface area contributed by atoms with Crippen molar-refractivity contribution in [2.45, 2.75) is 24.4 Å². The van der Waals surface area contributed by atoms with Crippen molar-refractivity contribution in [3.05, 3.63) is 54.7 Å². The smallest absolute Gasteiger partial charge is 0.192 e. The second kappa shape index (κ2) is 6.57.